The van der Waals surface area contributed by atoms with Crippen LogP contribution in [0.15, 0.2) is 72.8 Å². The number of fused-ring (bicyclic) bond motifs is 8. The number of benzene rings is 3. The molecule has 3 heterocycles. The van der Waals surface area contributed by atoms with Crippen LogP contribution < -0.4 is 9.64 Å². The smallest absolute Gasteiger partial charge is 0.270 e. The molecule has 29 heavy (non-hydrogen) atoms. The molecule has 0 bridgehead atoms. The number of hydrogen-bond acceptors (Lipinski definition) is 4. The molecule has 5 heteroatoms. The molecule has 3 aromatic rings. The summed E-state index contributed by atoms with van der Waals surface area (Å²) in [4.78, 5) is 13.2. The summed E-state index contributed by atoms with van der Waals surface area (Å²) in [6.45, 7) is 2.27. The molecule has 0 amide bonds. The standard InChI is InChI=1S/C24H18N2O3/c1-23-15-17-6-2-5-9-21(17)25(23)24(20-8-4-3-7-19(20)23)13-12-16-14-18(26(27)28)10-11-22(16)29-24/h2-14H,15H2,1H3/t23-,24?/m1/s1. The first-order valence-electron chi connectivity index (χ1n) is 9.68. The van der Waals surface area contributed by atoms with Gasteiger partial charge in [0.25, 0.3) is 5.69 Å². The van der Waals surface area contributed by atoms with Crippen molar-refractivity contribution in [3.63, 3.8) is 0 Å². The van der Waals surface area contributed by atoms with E-state index in [2.05, 4.69) is 54.3 Å². The third kappa shape index (κ3) is 1.94. The molecule has 0 radical (unpaired) electrons. The van der Waals surface area contributed by atoms with Crippen LogP contribution >= 0.6 is 0 Å². The lowest BCUT2D eigenvalue weighted by atomic mass is 9.87. The number of ether oxygens (including phenoxy) is 1. The minimum atomic E-state index is -0.777. The molecule has 3 aromatic carbocycles. The molecule has 0 N–H and O–H groups in total. The van der Waals surface area contributed by atoms with E-state index < -0.39 is 5.72 Å². The quantitative estimate of drug-likeness (QED) is 0.432. The summed E-state index contributed by atoms with van der Waals surface area (Å²) >= 11 is 0. The van der Waals surface area contributed by atoms with E-state index in [1.165, 1.54) is 22.9 Å². The number of nitro benzene ring substituents is 1. The van der Waals surface area contributed by atoms with Gasteiger partial charge in [-0.2, -0.15) is 0 Å². The summed E-state index contributed by atoms with van der Waals surface area (Å²) < 4.78 is 6.69. The number of rotatable bonds is 1. The van der Waals surface area contributed by atoms with E-state index in [1.807, 2.05) is 18.2 Å². The Hall–Kier alpha value is -3.60. The van der Waals surface area contributed by atoms with Crippen molar-refractivity contribution < 1.29 is 9.66 Å². The number of non-ortho nitro benzene ring substituents is 1. The number of para-hydroxylation sites is 1. The summed E-state index contributed by atoms with van der Waals surface area (Å²) in [5.41, 5.74) is 4.64. The Morgan fingerprint density at radius 2 is 1.79 bits per heavy atom. The van der Waals surface area contributed by atoms with Crippen molar-refractivity contribution in [2.45, 2.75) is 24.6 Å². The van der Waals surface area contributed by atoms with Gasteiger partial charge in [0, 0.05) is 35.4 Å². The van der Waals surface area contributed by atoms with Gasteiger partial charge < -0.3 is 9.64 Å². The Labute approximate surface area is 168 Å². The zero-order valence-corrected chi connectivity index (χ0v) is 15.8. The Bertz CT molecular complexity index is 1230. The van der Waals surface area contributed by atoms with E-state index >= 15 is 0 Å². The van der Waals surface area contributed by atoms with Crippen LogP contribution in [0, 0.1) is 10.1 Å². The second kappa shape index (κ2) is 5.26. The van der Waals surface area contributed by atoms with E-state index in [1.54, 1.807) is 12.1 Å². The Morgan fingerprint density at radius 1 is 1.03 bits per heavy atom. The molecule has 3 aliphatic heterocycles. The van der Waals surface area contributed by atoms with Crippen LogP contribution in [0.5, 0.6) is 5.75 Å². The van der Waals surface area contributed by atoms with Crippen LogP contribution in [0.3, 0.4) is 0 Å². The number of anilines is 1. The molecular formula is C24H18N2O3. The molecule has 0 saturated heterocycles. The summed E-state index contributed by atoms with van der Waals surface area (Å²) in [6, 6.07) is 21.7. The van der Waals surface area contributed by atoms with Crippen molar-refractivity contribution in [3.8, 4) is 5.75 Å². The Morgan fingerprint density at radius 3 is 2.62 bits per heavy atom. The molecule has 6 rings (SSSR count). The fourth-order valence-electron chi connectivity index (χ4n) is 5.28. The number of nitro groups is 1. The molecule has 1 spiro atoms. The molecule has 142 valence electrons. The zero-order chi connectivity index (χ0) is 19.8. The van der Waals surface area contributed by atoms with Crippen LogP contribution in [0.1, 0.15) is 29.2 Å². The van der Waals surface area contributed by atoms with Crippen LogP contribution in [0.25, 0.3) is 6.08 Å². The highest BCUT2D eigenvalue weighted by Gasteiger charge is 2.60. The highest BCUT2D eigenvalue weighted by Crippen LogP contribution is 2.60. The van der Waals surface area contributed by atoms with E-state index in [0.717, 1.165) is 17.5 Å². The lowest BCUT2D eigenvalue weighted by Gasteiger charge is -2.43. The third-order valence-electron chi connectivity index (χ3n) is 6.44. The normalized spacial score (nSPS) is 25.2. The maximum absolute atomic E-state index is 11.2. The third-order valence-corrected chi connectivity index (χ3v) is 6.44. The van der Waals surface area contributed by atoms with Crippen molar-refractivity contribution in [1.82, 2.24) is 0 Å². The first-order chi connectivity index (χ1) is 14.0. The molecule has 0 aliphatic carbocycles. The van der Waals surface area contributed by atoms with Gasteiger partial charge in [0.05, 0.1) is 10.5 Å². The topological polar surface area (TPSA) is 55.6 Å². The van der Waals surface area contributed by atoms with Crippen LogP contribution in [-0.2, 0) is 17.7 Å². The van der Waals surface area contributed by atoms with Gasteiger partial charge in [-0.3, -0.25) is 10.1 Å². The summed E-state index contributed by atoms with van der Waals surface area (Å²) in [5, 5.41) is 11.2. The van der Waals surface area contributed by atoms with Gasteiger partial charge in [-0.25, -0.2) is 0 Å². The largest absolute Gasteiger partial charge is 0.459 e. The molecule has 0 aromatic heterocycles. The Balaban J connectivity index is 1.59. The lowest BCUT2D eigenvalue weighted by molar-refractivity contribution is -0.384. The van der Waals surface area contributed by atoms with Crippen molar-refractivity contribution in [3.05, 3.63) is 105 Å². The second-order valence-corrected chi connectivity index (χ2v) is 8.07. The Kier molecular flexibility index (Phi) is 2.97. The predicted octanol–water partition coefficient (Wildman–Crippen LogP) is 5.14. The van der Waals surface area contributed by atoms with Crippen molar-refractivity contribution in [2.75, 3.05) is 4.90 Å². The predicted molar refractivity (Wildman–Crippen MR) is 111 cm³/mol. The van der Waals surface area contributed by atoms with Crippen molar-refractivity contribution >= 4 is 17.5 Å². The van der Waals surface area contributed by atoms with Crippen molar-refractivity contribution in [1.29, 1.82) is 0 Å². The van der Waals surface area contributed by atoms with Gasteiger partial charge in [-0.15, -0.1) is 0 Å². The summed E-state index contributed by atoms with van der Waals surface area (Å²) in [7, 11) is 0. The number of hydrogen-bond donors (Lipinski definition) is 0. The summed E-state index contributed by atoms with van der Waals surface area (Å²) in [6.07, 6.45) is 4.91. The maximum Gasteiger partial charge on any atom is 0.270 e. The molecule has 0 saturated carbocycles. The van der Waals surface area contributed by atoms with Crippen LogP contribution in [-0.4, -0.2) is 4.92 Å². The van der Waals surface area contributed by atoms with Gasteiger partial charge in [0.15, 0.2) is 0 Å². The minimum Gasteiger partial charge on any atom is -0.459 e. The molecular weight excluding hydrogens is 364 g/mol. The van der Waals surface area contributed by atoms with E-state index in [4.69, 9.17) is 4.74 Å². The molecule has 1 unspecified atom stereocenters. The van der Waals surface area contributed by atoms with Gasteiger partial charge in [0.2, 0.25) is 5.72 Å². The van der Waals surface area contributed by atoms with E-state index in [0.29, 0.717) is 5.75 Å². The zero-order valence-electron chi connectivity index (χ0n) is 15.8. The summed E-state index contributed by atoms with van der Waals surface area (Å²) in [5.74, 6) is 0.654. The molecule has 5 nitrogen and oxygen atoms in total. The monoisotopic (exact) mass is 382 g/mol. The fraction of sp³-hybridized carbons (Fsp3) is 0.167. The maximum atomic E-state index is 11.2. The molecule has 2 atom stereocenters. The lowest BCUT2D eigenvalue weighted by Crippen LogP contribution is -2.51. The SMILES string of the molecule is C[C@]12Cc3ccccc3N1C1(C=Cc3cc([N+](=O)[O-])ccc3O1)c1ccccc12. The van der Waals surface area contributed by atoms with Crippen LogP contribution in [0.2, 0.25) is 0 Å². The highest BCUT2D eigenvalue weighted by molar-refractivity contribution is 5.75. The van der Waals surface area contributed by atoms with Crippen LogP contribution in [0.4, 0.5) is 11.4 Å². The second-order valence-electron chi connectivity index (χ2n) is 8.07. The fourth-order valence-corrected chi connectivity index (χ4v) is 5.28. The molecule has 0 fully saturated rings. The highest BCUT2D eigenvalue weighted by atomic mass is 16.6. The van der Waals surface area contributed by atoms with E-state index in [-0.39, 0.29) is 16.1 Å². The van der Waals surface area contributed by atoms with Gasteiger partial charge in [-0.1, -0.05) is 42.5 Å². The number of nitrogens with zero attached hydrogens (tertiary/aromatic N) is 2. The first-order valence-corrected chi connectivity index (χ1v) is 9.68. The van der Waals surface area contributed by atoms with Gasteiger partial charge in [0.1, 0.15) is 5.75 Å². The van der Waals surface area contributed by atoms with Gasteiger partial charge >= 0.3 is 0 Å². The van der Waals surface area contributed by atoms with Gasteiger partial charge in [-0.05, 0) is 42.3 Å². The first kappa shape index (κ1) is 16.4. The minimum absolute atomic E-state index is 0.0659. The van der Waals surface area contributed by atoms with E-state index in [9.17, 15) is 10.1 Å². The molecule has 3 aliphatic rings. The average molecular weight is 382 g/mol. The average Bonchev–Trinajstić information content (AvgIpc) is 3.15. The van der Waals surface area contributed by atoms with Crippen molar-refractivity contribution in [2.24, 2.45) is 0 Å².